The zero-order valence-electron chi connectivity index (χ0n) is 15.2. The fourth-order valence-corrected chi connectivity index (χ4v) is 6.01. The Labute approximate surface area is 166 Å². The molecule has 5 nitrogen and oxygen atoms in total. The van der Waals surface area contributed by atoms with E-state index < -0.39 is 0 Å². The van der Waals surface area contributed by atoms with E-state index in [1.165, 1.54) is 54.8 Å². The molecule has 0 unspecified atom stereocenters. The third-order valence-electron chi connectivity index (χ3n) is 5.67. The van der Waals surface area contributed by atoms with Gasteiger partial charge in [-0.2, -0.15) is 0 Å². The summed E-state index contributed by atoms with van der Waals surface area (Å²) in [5, 5.41) is 14.7. The van der Waals surface area contributed by atoms with Crippen LogP contribution in [-0.4, -0.2) is 27.9 Å². The summed E-state index contributed by atoms with van der Waals surface area (Å²) in [4.78, 5) is 12.3. The van der Waals surface area contributed by atoms with Crippen molar-refractivity contribution in [2.45, 2.75) is 43.0 Å². The van der Waals surface area contributed by atoms with E-state index in [1.807, 2.05) is 0 Å². The van der Waals surface area contributed by atoms with Gasteiger partial charge in [-0.1, -0.05) is 41.7 Å². The van der Waals surface area contributed by atoms with E-state index in [9.17, 15) is 9.18 Å². The second kappa shape index (κ2) is 8.14. The van der Waals surface area contributed by atoms with Gasteiger partial charge in [-0.05, 0) is 56.1 Å². The van der Waals surface area contributed by atoms with Gasteiger partial charge in [0.2, 0.25) is 11.0 Å². The molecular weight excluding hydrogens is 383 g/mol. The number of hydrogen-bond donors (Lipinski definition) is 2. The first-order valence-electron chi connectivity index (χ1n) is 9.35. The number of nitrogens with one attached hydrogen (secondary N) is 2. The number of carbonyl (C=O) groups excluding carboxylic acids is 1. The van der Waals surface area contributed by atoms with Crippen molar-refractivity contribution in [1.29, 1.82) is 0 Å². The van der Waals surface area contributed by atoms with Gasteiger partial charge in [-0.3, -0.25) is 4.79 Å². The number of halogens is 1. The Kier molecular flexibility index (Phi) is 5.63. The quantitative estimate of drug-likeness (QED) is 0.665. The van der Waals surface area contributed by atoms with Gasteiger partial charge >= 0.3 is 0 Å². The Morgan fingerprint density at radius 3 is 2.93 bits per heavy atom. The van der Waals surface area contributed by atoms with Gasteiger partial charge in [-0.15, -0.1) is 10.2 Å². The molecule has 0 saturated heterocycles. The van der Waals surface area contributed by atoms with E-state index in [0.29, 0.717) is 26.8 Å². The molecule has 1 aromatic carbocycles. The number of benzene rings is 1. The molecule has 2 saturated carbocycles. The van der Waals surface area contributed by atoms with E-state index >= 15 is 0 Å². The lowest BCUT2D eigenvalue weighted by molar-refractivity contribution is -0.119. The third-order valence-corrected chi connectivity index (χ3v) is 7.64. The summed E-state index contributed by atoms with van der Waals surface area (Å²) in [6.07, 6.45) is 5.31. The van der Waals surface area contributed by atoms with Crippen molar-refractivity contribution in [3.05, 3.63) is 30.1 Å². The van der Waals surface area contributed by atoms with Crippen LogP contribution in [0.15, 0.2) is 28.6 Å². The first-order valence-corrected chi connectivity index (χ1v) is 11.2. The number of thioether (sulfide) groups is 1. The Balaban J connectivity index is 1.25. The molecule has 4 atom stereocenters. The van der Waals surface area contributed by atoms with Gasteiger partial charge in [0.25, 0.3) is 0 Å². The number of anilines is 2. The lowest BCUT2D eigenvalue weighted by Crippen LogP contribution is -2.40. The Morgan fingerprint density at radius 2 is 2.19 bits per heavy atom. The molecule has 2 bridgehead atoms. The zero-order chi connectivity index (χ0) is 18.8. The summed E-state index contributed by atoms with van der Waals surface area (Å²) >= 11 is 2.68. The van der Waals surface area contributed by atoms with Gasteiger partial charge in [0, 0.05) is 6.04 Å². The minimum atomic E-state index is -0.337. The van der Waals surface area contributed by atoms with E-state index in [2.05, 4.69) is 27.8 Å². The van der Waals surface area contributed by atoms with Gasteiger partial charge in [0.05, 0.1) is 11.4 Å². The molecule has 0 aliphatic heterocycles. The van der Waals surface area contributed by atoms with E-state index in [4.69, 9.17) is 0 Å². The fraction of sp³-hybridized carbons (Fsp3) is 0.526. The second-order valence-electron chi connectivity index (χ2n) is 7.46. The van der Waals surface area contributed by atoms with E-state index in [0.717, 1.165) is 11.8 Å². The van der Waals surface area contributed by atoms with Crippen molar-refractivity contribution in [2.75, 3.05) is 11.1 Å². The zero-order valence-corrected chi connectivity index (χ0v) is 16.8. The van der Waals surface area contributed by atoms with Crippen LogP contribution in [0.25, 0.3) is 0 Å². The Morgan fingerprint density at radius 1 is 1.33 bits per heavy atom. The molecule has 4 rings (SSSR count). The molecule has 1 heterocycles. The van der Waals surface area contributed by atoms with Gasteiger partial charge in [0.15, 0.2) is 4.34 Å². The second-order valence-corrected chi connectivity index (χ2v) is 9.66. The first kappa shape index (κ1) is 18.7. The summed E-state index contributed by atoms with van der Waals surface area (Å²) in [6.45, 7) is 2.13. The fourth-order valence-electron chi connectivity index (χ4n) is 4.43. The van der Waals surface area contributed by atoms with Crippen molar-refractivity contribution in [3.63, 3.8) is 0 Å². The van der Waals surface area contributed by atoms with Crippen LogP contribution in [0.3, 0.4) is 0 Å². The van der Waals surface area contributed by atoms with E-state index in [-0.39, 0.29) is 17.8 Å². The molecule has 8 heteroatoms. The lowest BCUT2D eigenvalue weighted by atomic mass is 9.84. The highest BCUT2D eigenvalue weighted by atomic mass is 32.2. The van der Waals surface area contributed by atoms with Crippen LogP contribution in [0.2, 0.25) is 0 Å². The van der Waals surface area contributed by atoms with Crippen LogP contribution < -0.4 is 10.6 Å². The van der Waals surface area contributed by atoms with Gasteiger partial charge in [0.1, 0.15) is 5.82 Å². The minimum Gasteiger partial charge on any atom is -0.353 e. The molecule has 2 aliphatic rings. The number of rotatable bonds is 7. The predicted molar refractivity (Wildman–Crippen MR) is 107 cm³/mol. The molecule has 0 radical (unpaired) electrons. The van der Waals surface area contributed by atoms with Gasteiger partial charge < -0.3 is 10.6 Å². The van der Waals surface area contributed by atoms with Crippen molar-refractivity contribution >= 4 is 39.8 Å². The average Bonchev–Trinajstić information content (AvgIpc) is 3.39. The van der Waals surface area contributed by atoms with E-state index in [1.54, 1.807) is 18.2 Å². The Bertz CT molecular complexity index is 815. The normalized spacial score (nSPS) is 24.7. The standard InChI is InChI=1S/C19H23FN4OS2/c1-11(14-9-12-6-7-13(14)8-12)21-17(25)10-26-19-24-23-18(27-19)22-16-5-3-2-4-15(16)20/h2-5,11-14H,6-10H2,1H3,(H,21,25)(H,22,23)/t11-,12-,13-,14-/m0/s1. The molecule has 2 fully saturated rings. The number of carbonyl (C=O) groups is 1. The maximum Gasteiger partial charge on any atom is 0.230 e. The van der Waals surface area contributed by atoms with Crippen molar-refractivity contribution in [3.8, 4) is 0 Å². The molecule has 1 aromatic heterocycles. The van der Waals surface area contributed by atoms with Gasteiger partial charge in [-0.25, -0.2) is 4.39 Å². The summed E-state index contributed by atoms with van der Waals surface area (Å²) < 4.78 is 14.4. The summed E-state index contributed by atoms with van der Waals surface area (Å²) in [5.74, 6) is 2.34. The number of aromatic nitrogens is 2. The molecule has 27 heavy (non-hydrogen) atoms. The molecule has 2 aliphatic carbocycles. The topological polar surface area (TPSA) is 66.9 Å². The predicted octanol–water partition coefficient (Wildman–Crippen LogP) is 4.45. The summed E-state index contributed by atoms with van der Waals surface area (Å²) in [6, 6.07) is 6.66. The lowest BCUT2D eigenvalue weighted by Gasteiger charge is -2.28. The van der Waals surface area contributed by atoms with Crippen LogP contribution in [0.4, 0.5) is 15.2 Å². The molecule has 144 valence electrons. The van der Waals surface area contributed by atoms with Crippen LogP contribution >= 0.6 is 23.1 Å². The SMILES string of the molecule is C[C@H](NC(=O)CSc1nnc(Nc2ccccc2F)s1)[C@@H]1C[C@H]2CC[C@H]1C2. The number of hydrogen-bond acceptors (Lipinski definition) is 6. The van der Waals surface area contributed by atoms with Crippen LogP contribution in [0.1, 0.15) is 32.6 Å². The molecule has 1 amide bonds. The highest BCUT2D eigenvalue weighted by Gasteiger charge is 2.42. The van der Waals surface area contributed by atoms with Crippen molar-refractivity contribution in [2.24, 2.45) is 17.8 Å². The summed E-state index contributed by atoms with van der Waals surface area (Å²) in [5.41, 5.74) is 0.364. The largest absolute Gasteiger partial charge is 0.353 e. The summed E-state index contributed by atoms with van der Waals surface area (Å²) in [7, 11) is 0. The molecule has 2 N–H and O–H groups in total. The molecule has 0 spiro atoms. The number of nitrogens with zero attached hydrogens (tertiary/aromatic N) is 2. The number of amides is 1. The van der Waals surface area contributed by atoms with Crippen LogP contribution in [0.5, 0.6) is 0 Å². The highest BCUT2D eigenvalue weighted by Crippen LogP contribution is 2.49. The maximum absolute atomic E-state index is 13.7. The third kappa shape index (κ3) is 4.43. The van der Waals surface area contributed by atoms with Crippen molar-refractivity contribution in [1.82, 2.24) is 15.5 Å². The average molecular weight is 407 g/mol. The maximum atomic E-state index is 13.7. The molecule has 2 aromatic rings. The minimum absolute atomic E-state index is 0.0362. The number of fused-ring (bicyclic) bond motifs is 2. The highest BCUT2D eigenvalue weighted by molar-refractivity contribution is 8.01. The molecular formula is C19H23FN4OS2. The van der Waals surface area contributed by atoms with Crippen LogP contribution in [-0.2, 0) is 4.79 Å². The number of para-hydroxylation sites is 1. The van der Waals surface area contributed by atoms with Crippen molar-refractivity contribution < 1.29 is 9.18 Å². The van der Waals surface area contributed by atoms with Crippen LogP contribution in [0, 0.1) is 23.6 Å². The Hall–Kier alpha value is -1.67. The monoisotopic (exact) mass is 406 g/mol. The first-order chi connectivity index (χ1) is 13.1. The smallest absolute Gasteiger partial charge is 0.230 e.